The maximum absolute atomic E-state index is 12.2. The molecule has 0 unspecified atom stereocenters. The van der Waals surface area contributed by atoms with Gasteiger partial charge in [0.1, 0.15) is 5.75 Å². The zero-order valence-corrected chi connectivity index (χ0v) is 9.80. The first kappa shape index (κ1) is 10.8. The Hall–Kier alpha value is -2.35. The Morgan fingerprint density at radius 2 is 1.61 bits per heavy atom. The lowest BCUT2D eigenvalue weighted by molar-refractivity contribution is 0.0962. The highest BCUT2D eigenvalue weighted by molar-refractivity contribution is 6.11. The average molecular weight is 236 g/mol. The molecule has 0 amide bonds. The molecule has 1 aliphatic rings. The molecule has 0 saturated heterocycles. The third kappa shape index (κ3) is 1.63. The van der Waals surface area contributed by atoms with E-state index in [1.807, 2.05) is 48.5 Å². The Kier molecular flexibility index (Phi) is 2.49. The minimum atomic E-state index is -0.381. The van der Waals surface area contributed by atoms with Crippen LogP contribution in [0.4, 0.5) is 0 Å². The van der Waals surface area contributed by atoms with E-state index in [1.165, 1.54) is 0 Å². The number of hydrogen-bond acceptors (Lipinski definition) is 2. The molecule has 1 aliphatic heterocycles. The lowest BCUT2D eigenvalue weighted by Crippen LogP contribution is -2.22. The summed E-state index contributed by atoms with van der Waals surface area (Å²) < 4.78 is 5.88. The normalized spacial score (nSPS) is 18.1. The SMILES string of the molecule is C=C1C(=O)c2ccccc2O[C@@H]1c1ccccc1. The van der Waals surface area contributed by atoms with E-state index < -0.39 is 0 Å². The molecule has 18 heavy (non-hydrogen) atoms. The summed E-state index contributed by atoms with van der Waals surface area (Å²) in [5.41, 5.74) is 2.03. The summed E-state index contributed by atoms with van der Waals surface area (Å²) in [6, 6.07) is 16.9. The lowest BCUT2D eigenvalue weighted by Gasteiger charge is -2.27. The predicted octanol–water partition coefficient (Wildman–Crippen LogP) is 3.56. The van der Waals surface area contributed by atoms with Crippen molar-refractivity contribution in [1.82, 2.24) is 0 Å². The minimum Gasteiger partial charge on any atom is -0.480 e. The second kappa shape index (κ2) is 4.15. The molecule has 2 aromatic rings. The van der Waals surface area contributed by atoms with Crippen molar-refractivity contribution in [2.45, 2.75) is 6.10 Å². The molecule has 0 aromatic heterocycles. The van der Waals surface area contributed by atoms with Gasteiger partial charge in [-0.2, -0.15) is 0 Å². The predicted molar refractivity (Wildman–Crippen MR) is 69.7 cm³/mol. The first-order valence-electron chi connectivity index (χ1n) is 5.81. The van der Waals surface area contributed by atoms with Crippen LogP contribution in [0.1, 0.15) is 22.0 Å². The van der Waals surface area contributed by atoms with E-state index in [0.29, 0.717) is 16.9 Å². The number of carbonyl (C=O) groups excluding carboxylic acids is 1. The zero-order valence-electron chi connectivity index (χ0n) is 9.80. The number of ketones is 1. The fourth-order valence-electron chi connectivity index (χ4n) is 2.14. The highest BCUT2D eigenvalue weighted by atomic mass is 16.5. The molecule has 88 valence electrons. The topological polar surface area (TPSA) is 26.3 Å². The van der Waals surface area contributed by atoms with Crippen molar-refractivity contribution in [1.29, 1.82) is 0 Å². The standard InChI is InChI=1S/C16H12O2/c1-11-15(17)13-9-5-6-10-14(13)18-16(11)12-7-3-2-4-8-12/h2-10,16H,1H2/t16-/m0/s1. The second-order valence-corrected chi connectivity index (χ2v) is 4.26. The molecule has 0 saturated carbocycles. The number of ether oxygens (including phenoxy) is 1. The van der Waals surface area contributed by atoms with Gasteiger partial charge in [-0.05, 0) is 17.7 Å². The van der Waals surface area contributed by atoms with Crippen molar-refractivity contribution in [3.8, 4) is 5.75 Å². The summed E-state index contributed by atoms with van der Waals surface area (Å²) in [5, 5.41) is 0. The first-order chi connectivity index (χ1) is 8.77. The Balaban J connectivity index is 2.07. The van der Waals surface area contributed by atoms with Crippen LogP contribution in [0.25, 0.3) is 0 Å². The van der Waals surface area contributed by atoms with Gasteiger partial charge in [-0.15, -0.1) is 0 Å². The fraction of sp³-hybridized carbons (Fsp3) is 0.0625. The summed E-state index contributed by atoms with van der Waals surface area (Å²) in [4.78, 5) is 12.2. The molecule has 1 atom stereocenters. The first-order valence-corrected chi connectivity index (χ1v) is 5.81. The molecular formula is C16H12O2. The molecule has 2 aromatic carbocycles. The van der Waals surface area contributed by atoms with Crippen molar-refractivity contribution in [2.24, 2.45) is 0 Å². The van der Waals surface area contributed by atoms with Gasteiger partial charge in [0, 0.05) is 5.57 Å². The van der Waals surface area contributed by atoms with Crippen molar-refractivity contribution in [3.63, 3.8) is 0 Å². The van der Waals surface area contributed by atoms with Crippen molar-refractivity contribution in [2.75, 3.05) is 0 Å². The molecule has 0 N–H and O–H groups in total. The minimum absolute atomic E-state index is 0.0364. The summed E-state index contributed by atoms with van der Waals surface area (Å²) in [7, 11) is 0. The maximum Gasteiger partial charge on any atom is 0.196 e. The van der Waals surface area contributed by atoms with Gasteiger partial charge in [0.05, 0.1) is 5.56 Å². The summed E-state index contributed by atoms with van der Waals surface area (Å²) in [6.45, 7) is 3.88. The van der Waals surface area contributed by atoms with Crippen LogP contribution < -0.4 is 4.74 Å². The maximum atomic E-state index is 12.2. The van der Waals surface area contributed by atoms with E-state index in [2.05, 4.69) is 6.58 Å². The van der Waals surface area contributed by atoms with Gasteiger partial charge in [0.15, 0.2) is 11.9 Å². The second-order valence-electron chi connectivity index (χ2n) is 4.26. The van der Waals surface area contributed by atoms with E-state index in [4.69, 9.17) is 4.74 Å². The molecule has 0 bridgehead atoms. The van der Waals surface area contributed by atoms with E-state index in [0.717, 1.165) is 5.56 Å². The van der Waals surface area contributed by atoms with Gasteiger partial charge < -0.3 is 4.74 Å². The van der Waals surface area contributed by atoms with E-state index in [9.17, 15) is 4.79 Å². The van der Waals surface area contributed by atoms with Gasteiger partial charge >= 0.3 is 0 Å². The van der Waals surface area contributed by atoms with Crippen LogP contribution in [0, 0.1) is 0 Å². The van der Waals surface area contributed by atoms with Crippen molar-refractivity contribution >= 4 is 5.78 Å². The Morgan fingerprint density at radius 3 is 2.39 bits per heavy atom. The van der Waals surface area contributed by atoms with Crippen LogP contribution in [0.15, 0.2) is 66.7 Å². The molecule has 3 rings (SSSR count). The van der Waals surface area contributed by atoms with Crippen molar-refractivity contribution < 1.29 is 9.53 Å². The van der Waals surface area contributed by atoms with Crippen LogP contribution in [-0.2, 0) is 0 Å². The number of benzene rings is 2. The molecule has 1 heterocycles. The number of rotatable bonds is 1. The molecule has 0 radical (unpaired) electrons. The average Bonchev–Trinajstić information content (AvgIpc) is 2.44. The van der Waals surface area contributed by atoms with Crippen LogP contribution in [0.5, 0.6) is 5.75 Å². The number of fused-ring (bicyclic) bond motifs is 1. The summed E-state index contributed by atoms with van der Waals surface area (Å²) in [5.74, 6) is 0.592. The highest BCUT2D eigenvalue weighted by Crippen LogP contribution is 2.37. The fourth-order valence-corrected chi connectivity index (χ4v) is 2.14. The molecular weight excluding hydrogens is 224 g/mol. The zero-order chi connectivity index (χ0) is 12.5. The van der Waals surface area contributed by atoms with Gasteiger partial charge in [-0.3, -0.25) is 4.79 Å². The molecule has 2 heteroatoms. The number of Topliss-reactive ketones (excluding diaryl/α,β-unsaturated/α-hetero) is 1. The Bertz CT molecular complexity index is 614. The molecule has 0 aliphatic carbocycles. The van der Waals surface area contributed by atoms with Crippen molar-refractivity contribution in [3.05, 3.63) is 77.9 Å². The largest absolute Gasteiger partial charge is 0.480 e. The van der Waals surface area contributed by atoms with Gasteiger partial charge in [0.2, 0.25) is 0 Å². The summed E-state index contributed by atoms with van der Waals surface area (Å²) in [6.07, 6.45) is -0.381. The van der Waals surface area contributed by atoms with Crippen LogP contribution in [0.3, 0.4) is 0 Å². The third-order valence-electron chi connectivity index (χ3n) is 3.09. The van der Waals surface area contributed by atoms with Crippen LogP contribution in [-0.4, -0.2) is 5.78 Å². The number of hydrogen-bond donors (Lipinski definition) is 0. The van der Waals surface area contributed by atoms with E-state index >= 15 is 0 Å². The van der Waals surface area contributed by atoms with Gasteiger partial charge in [-0.1, -0.05) is 49.0 Å². The molecule has 0 fully saturated rings. The Morgan fingerprint density at radius 1 is 0.944 bits per heavy atom. The molecule has 0 spiro atoms. The molecule has 2 nitrogen and oxygen atoms in total. The quantitative estimate of drug-likeness (QED) is 0.708. The van der Waals surface area contributed by atoms with Gasteiger partial charge in [-0.25, -0.2) is 0 Å². The lowest BCUT2D eigenvalue weighted by atomic mass is 9.92. The van der Waals surface area contributed by atoms with Gasteiger partial charge in [0.25, 0.3) is 0 Å². The smallest absolute Gasteiger partial charge is 0.196 e. The number of carbonyl (C=O) groups is 1. The van der Waals surface area contributed by atoms with E-state index in [-0.39, 0.29) is 11.9 Å². The number of para-hydroxylation sites is 1. The third-order valence-corrected chi connectivity index (χ3v) is 3.09. The highest BCUT2D eigenvalue weighted by Gasteiger charge is 2.30. The summed E-state index contributed by atoms with van der Waals surface area (Å²) >= 11 is 0. The van der Waals surface area contributed by atoms with Crippen LogP contribution >= 0.6 is 0 Å². The monoisotopic (exact) mass is 236 g/mol. The van der Waals surface area contributed by atoms with E-state index in [1.54, 1.807) is 6.07 Å². The van der Waals surface area contributed by atoms with Crippen LogP contribution in [0.2, 0.25) is 0 Å². The Labute approximate surface area is 106 Å².